The van der Waals surface area contributed by atoms with Crippen molar-refractivity contribution in [1.82, 2.24) is 10.6 Å². The van der Waals surface area contributed by atoms with Gasteiger partial charge < -0.3 is 48.5 Å². The number of hydrogen-bond acceptors (Lipinski definition) is 12. The summed E-state index contributed by atoms with van der Waals surface area (Å²) in [6.07, 6.45) is 4.25. The first-order valence-electron chi connectivity index (χ1n) is 42.2. The van der Waals surface area contributed by atoms with E-state index in [4.69, 9.17) is 37.9 Å². The van der Waals surface area contributed by atoms with Gasteiger partial charge in [0.1, 0.15) is 50.1 Å². The molecule has 8 atom stereocenters. The lowest BCUT2D eigenvalue weighted by Crippen LogP contribution is -2.42. The highest BCUT2D eigenvalue weighted by atomic mass is 16.6. The molecular formula is C104H128N2O10. The Balaban J connectivity index is 0.842. The molecule has 0 heterocycles. The van der Waals surface area contributed by atoms with Crippen molar-refractivity contribution >= 4 is 11.9 Å². The van der Waals surface area contributed by atoms with E-state index in [0.29, 0.717) is 25.9 Å². The first-order valence-corrected chi connectivity index (χ1v) is 42.2. The number of ether oxygens (including phenoxy) is 8. The Bertz CT molecular complexity index is 4120. The normalized spacial score (nSPS) is 14.2. The molecule has 0 radical (unpaired) electrons. The molecule has 0 aromatic heterocycles. The maximum atomic E-state index is 13.5. The molecule has 12 heteroatoms. The van der Waals surface area contributed by atoms with Crippen molar-refractivity contribution in [2.24, 2.45) is 0 Å². The minimum Gasteiger partial charge on any atom is -0.490 e. The summed E-state index contributed by atoms with van der Waals surface area (Å²) < 4.78 is 53.5. The van der Waals surface area contributed by atoms with E-state index in [1.165, 1.54) is 44.5 Å². The minimum atomic E-state index is -1.18. The lowest BCUT2D eigenvalue weighted by Gasteiger charge is -2.33. The molecular weight excluding hydrogens is 1440 g/mol. The van der Waals surface area contributed by atoms with Gasteiger partial charge in [0.2, 0.25) is 0 Å². The molecule has 0 aliphatic rings. The quantitative estimate of drug-likeness (QED) is 0.0278. The van der Waals surface area contributed by atoms with Gasteiger partial charge in [0.25, 0.3) is 0 Å². The number of rotatable bonds is 47. The zero-order chi connectivity index (χ0) is 82.5. The fourth-order valence-electron chi connectivity index (χ4n) is 15.1. The van der Waals surface area contributed by atoms with Crippen LogP contribution < -0.4 is 20.1 Å². The van der Waals surface area contributed by atoms with Crippen LogP contribution in [0, 0.1) is 0 Å². The van der Waals surface area contributed by atoms with Crippen LogP contribution in [0.25, 0.3) is 0 Å². The summed E-state index contributed by atoms with van der Waals surface area (Å²) in [6.45, 7) is 33.3. The molecule has 2 N–H and O–H groups in total. The standard InChI is InChI=1S/C104H128N2O10/c1-75(83-47-29-19-30-48-83)89-65-93(77(3)85-51-33-21-34-52-85)97(94(66-89)78(4)86-53-35-22-36-54-86)109-73-91(115-101(7,8)59-63-113-103(11,12)99(107)111-71-81-43-25-17-26-44-81)69-105-61-41-15-16-42-62-106-70-92(116-102(9,10)60-64-114-104(13,14)100(108)112-72-82-45-27-18-28-46-82)74-110-98-95(79(5)87-55-37-23-38-56-87)67-90(76(2)84-49-31-20-32-50-84)68-96(98)80(6)88-57-39-24-40-58-88/h17-40,43-58,65-68,75-80,91-92,105-106H,15-16,41-42,59-64,69-74H2,1-14H3. The van der Waals surface area contributed by atoms with E-state index in [0.717, 1.165) is 83.7 Å². The highest BCUT2D eigenvalue weighted by Crippen LogP contribution is 2.46. The maximum Gasteiger partial charge on any atom is 0.338 e. The first-order chi connectivity index (χ1) is 55.8. The minimum absolute atomic E-state index is 0.00557. The van der Waals surface area contributed by atoms with Gasteiger partial charge in [0.15, 0.2) is 11.2 Å². The van der Waals surface area contributed by atoms with Crippen molar-refractivity contribution in [3.8, 4) is 11.5 Å². The second kappa shape index (κ2) is 43.6. The Morgan fingerprint density at radius 2 is 0.569 bits per heavy atom. The van der Waals surface area contributed by atoms with E-state index in [1.54, 1.807) is 27.7 Å². The molecule has 0 aliphatic carbocycles. The topological polar surface area (TPSA) is 132 Å². The third-order valence-corrected chi connectivity index (χ3v) is 22.7. The average Bonchev–Trinajstić information content (AvgIpc) is 0.777. The van der Waals surface area contributed by atoms with Crippen molar-refractivity contribution in [3.63, 3.8) is 0 Å². The predicted molar refractivity (Wildman–Crippen MR) is 472 cm³/mol. The lowest BCUT2D eigenvalue weighted by molar-refractivity contribution is -0.173. The molecule has 0 fully saturated rings. The highest BCUT2D eigenvalue weighted by molar-refractivity contribution is 5.79. The van der Waals surface area contributed by atoms with Crippen LogP contribution in [-0.4, -0.2) is 99.2 Å². The number of benzene rings is 10. The van der Waals surface area contributed by atoms with Gasteiger partial charge in [0, 0.05) is 70.9 Å². The van der Waals surface area contributed by atoms with Crippen LogP contribution in [0.1, 0.15) is 249 Å². The van der Waals surface area contributed by atoms with Crippen LogP contribution in [0.4, 0.5) is 0 Å². The SMILES string of the molecule is CC(c1ccccc1)c1cc(C(C)c2ccccc2)c(OCC(CNCCCCCCNCC(COc2c(C(C)c3ccccc3)cc(C(C)c3ccccc3)cc2C(C)c2ccccc2)OC(C)(C)CCOC(C)(C)C(=O)OCc2ccccc2)OC(C)(C)CCOC(C)(C)C(=O)OCc2ccccc2)c(C(C)c2ccccc2)c1. The van der Waals surface area contributed by atoms with Crippen LogP contribution in [0.3, 0.4) is 0 Å². The Kier molecular flexibility index (Phi) is 33.4. The Morgan fingerprint density at radius 3 is 0.836 bits per heavy atom. The zero-order valence-electron chi connectivity index (χ0n) is 71.4. The highest BCUT2D eigenvalue weighted by Gasteiger charge is 2.36. The van der Waals surface area contributed by atoms with E-state index in [1.807, 2.05) is 60.7 Å². The molecule has 10 rings (SSSR count). The average molecular weight is 1570 g/mol. The summed E-state index contributed by atoms with van der Waals surface area (Å²) >= 11 is 0. The summed E-state index contributed by atoms with van der Waals surface area (Å²) in [7, 11) is 0. The van der Waals surface area contributed by atoms with Crippen LogP contribution in [-0.2, 0) is 51.2 Å². The summed E-state index contributed by atoms with van der Waals surface area (Å²) in [5, 5.41) is 7.64. The van der Waals surface area contributed by atoms with E-state index in [2.05, 4.69) is 286 Å². The second-order valence-corrected chi connectivity index (χ2v) is 33.6. The number of unbranched alkanes of at least 4 members (excludes halogenated alkanes) is 3. The van der Waals surface area contributed by atoms with Crippen molar-refractivity contribution in [3.05, 3.63) is 345 Å². The van der Waals surface area contributed by atoms with Gasteiger partial charge in [-0.3, -0.25) is 0 Å². The fourth-order valence-corrected chi connectivity index (χ4v) is 15.1. The zero-order valence-corrected chi connectivity index (χ0v) is 71.4. The first kappa shape index (κ1) is 88.9. The molecule has 0 spiro atoms. The third kappa shape index (κ3) is 26.5. The summed E-state index contributed by atoms with van der Waals surface area (Å²) in [5.74, 6) is 1.19. The van der Waals surface area contributed by atoms with Crippen LogP contribution >= 0.6 is 0 Å². The molecule has 0 saturated heterocycles. The van der Waals surface area contributed by atoms with Crippen molar-refractivity contribution in [1.29, 1.82) is 0 Å². The van der Waals surface area contributed by atoms with E-state index >= 15 is 0 Å². The molecule has 10 aromatic carbocycles. The molecule has 12 nitrogen and oxygen atoms in total. The van der Waals surface area contributed by atoms with Crippen LogP contribution in [0.5, 0.6) is 11.5 Å². The number of carbonyl (C=O) groups excluding carboxylic acids is 2. The third-order valence-electron chi connectivity index (χ3n) is 22.7. The van der Waals surface area contributed by atoms with Gasteiger partial charge >= 0.3 is 11.9 Å². The van der Waals surface area contributed by atoms with Gasteiger partial charge in [-0.05, 0) is 150 Å². The summed E-state index contributed by atoms with van der Waals surface area (Å²) in [6, 6.07) is 93.4. The van der Waals surface area contributed by atoms with Gasteiger partial charge in [-0.2, -0.15) is 0 Å². The molecule has 0 bridgehead atoms. The van der Waals surface area contributed by atoms with E-state index < -0.39 is 34.3 Å². The number of esters is 2. The number of carbonyl (C=O) groups is 2. The van der Waals surface area contributed by atoms with Crippen molar-refractivity contribution in [2.45, 2.75) is 219 Å². The van der Waals surface area contributed by atoms with Gasteiger partial charge in [-0.1, -0.05) is 321 Å². The Morgan fingerprint density at radius 1 is 0.319 bits per heavy atom. The molecule has 0 amide bonds. The van der Waals surface area contributed by atoms with Crippen LogP contribution in [0.2, 0.25) is 0 Å². The van der Waals surface area contributed by atoms with Gasteiger partial charge in [-0.15, -0.1) is 0 Å². The van der Waals surface area contributed by atoms with Gasteiger partial charge in [0.05, 0.1) is 24.4 Å². The molecule has 0 aliphatic heterocycles. The second-order valence-electron chi connectivity index (χ2n) is 33.6. The molecule has 614 valence electrons. The number of hydrogen-bond donors (Lipinski definition) is 2. The monoisotopic (exact) mass is 1560 g/mol. The Labute approximate surface area is 693 Å². The summed E-state index contributed by atoms with van der Waals surface area (Å²) in [5.41, 5.74) is 12.5. The maximum absolute atomic E-state index is 13.5. The molecule has 10 aromatic rings. The lowest BCUT2D eigenvalue weighted by atomic mass is 9.81. The molecule has 116 heavy (non-hydrogen) atoms. The van der Waals surface area contributed by atoms with Crippen molar-refractivity contribution in [2.75, 3.05) is 52.6 Å². The predicted octanol–water partition coefficient (Wildman–Crippen LogP) is 23.0. The fraction of sp³-hybridized carbons (Fsp3) is 0.404. The largest absolute Gasteiger partial charge is 0.490 e. The Hall–Kier alpha value is -9.50. The number of nitrogens with one attached hydrogen (secondary N) is 2. The van der Waals surface area contributed by atoms with Crippen molar-refractivity contribution < 1.29 is 47.5 Å². The summed E-state index contributed by atoms with van der Waals surface area (Å²) in [4.78, 5) is 27.0. The van der Waals surface area contributed by atoms with Crippen LogP contribution in [0.15, 0.2) is 267 Å². The van der Waals surface area contributed by atoms with E-state index in [9.17, 15) is 9.59 Å². The van der Waals surface area contributed by atoms with E-state index in [-0.39, 0.29) is 87.4 Å². The molecule has 8 unspecified atom stereocenters. The van der Waals surface area contributed by atoms with Gasteiger partial charge in [-0.25, -0.2) is 9.59 Å². The smallest absolute Gasteiger partial charge is 0.338 e. The molecule has 0 saturated carbocycles.